The minimum absolute atomic E-state index is 0.0135. The minimum atomic E-state index is -0.738. The quantitative estimate of drug-likeness (QED) is 0.613. The average Bonchev–Trinajstić information content (AvgIpc) is 2.66. The van der Waals surface area contributed by atoms with E-state index in [1.165, 1.54) is 5.56 Å². The third-order valence-corrected chi connectivity index (χ3v) is 4.93. The molecule has 5 heteroatoms. The lowest BCUT2D eigenvalue weighted by molar-refractivity contribution is -0.130. The maximum atomic E-state index is 12.4. The number of ether oxygens (including phenoxy) is 2. The number of hydrogen-bond donors (Lipinski definition) is 1. The maximum Gasteiger partial charge on any atom is 0.284 e. The average molecular weight is 395 g/mol. The molecule has 1 heterocycles. The van der Waals surface area contributed by atoms with Crippen LogP contribution in [0, 0.1) is 0 Å². The third kappa shape index (κ3) is 5.17. The first-order valence-corrected chi connectivity index (χ1v) is 9.91. The highest BCUT2D eigenvalue weighted by atomic mass is 16.6. The van der Waals surface area contributed by atoms with Crippen molar-refractivity contribution < 1.29 is 14.3 Å². The zero-order chi connectivity index (χ0) is 21.2. The molecule has 1 aliphatic rings. The van der Waals surface area contributed by atoms with Crippen LogP contribution >= 0.6 is 0 Å². The van der Waals surface area contributed by atoms with Gasteiger partial charge in [-0.25, -0.2) is 5.43 Å². The Bertz CT molecular complexity index is 903. The molecule has 0 bridgehead atoms. The van der Waals surface area contributed by atoms with E-state index in [2.05, 4.69) is 64.2 Å². The van der Waals surface area contributed by atoms with E-state index in [-0.39, 0.29) is 23.3 Å². The Hall–Kier alpha value is -2.82. The van der Waals surface area contributed by atoms with Crippen molar-refractivity contribution in [3.05, 3.63) is 59.2 Å². The molecular weight excluding hydrogens is 364 g/mol. The summed E-state index contributed by atoms with van der Waals surface area (Å²) in [5.74, 6) is 0.912. The maximum absolute atomic E-state index is 12.4. The third-order valence-electron chi connectivity index (χ3n) is 4.93. The summed E-state index contributed by atoms with van der Waals surface area (Å²) < 4.78 is 11.6. The number of hydrogen-bond acceptors (Lipinski definition) is 4. The van der Waals surface area contributed by atoms with Gasteiger partial charge in [0.1, 0.15) is 6.61 Å². The van der Waals surface area contributed by atoms with Gasteiger partial charge in [-0.05, 0) is 39.7 Å². The molecule has 0 saturated carbocycles. The highest BCUT2D eigenvalue weighted by Crippen LogP contribution is 2.36. The van der Waals surface area contributed by atoms with Gasteiger partial charge in [-0.15, -0.1) is 0 Å². The molecule has 0 saturated heterocycles. The molecule has 0 unspecified atom stereocenters. The van der Waals surface area contributed by atoms with Crippen LogP contribution < -0.4 is 14.9 Å². The van der Waals surface area contributed by atoms with Gasteiger partial charge in [0, 0.05) is 0 Å². The van der Waals surface area contributed by atoms with Crippen molar-refractivity contribution in [2.75, 3.05) is 6.61 Å². The summed E-state index contributed by atoms with van der Waals surface area (Å²) >= 11 is 0. The highest BCUT2D eigenvalue weighted by Gasteiger charge is 2.28. The van der Waals surface area contributed by atoms with Gasteiger partial charge in [0.2, 0.25) is 6.10 Å². The SMILES string of the molecule is CC(C)(C)c1ccc(C=NNC(=O)[C@@H]2COc3ccc(C(C)(C)C)cc3O2)cc1. The van der Waals surface area contributed by atoms with Gasteiger partial charge in [0.15, 0.2) is 11.5 Å². The number of nitrogens with zero attached hydrogens (tertiary/aromatic N) is 1. The van der Waals surface area contributed by atoms with Crippen LogP contribution in [0.2, 0.25) is 0 Å². The van der Waals surface area contributed by atoms with Gasteiger partial charge in [-0.3, -0.25) is 4.79 Å². The fourth-order valence-corrected chi connectivity index (χ4v) is 2.98. The molecule has 1 aliphatic heterocycles. The molecule has 154 valence electrons. The highest BCUT2D eigenvalue weighted by molar-refractivity contribution is 5.85. The molecule has 5 nitrogen and oxygen atoms in total. The van der Waals surface area contributed by atoms with Crippen molar-refractivity contribution in [3.63, 3.8) is 0 Å². The number of carbonyl (C=O) groups is 1. The molecule has 1 amide bonds. The first-order chi connectivity index (χ1) is 13.5. The van der Waals surface area contributed by atoms with Crippen molar-refractivity contribution in [1.29, 1.82) is 0 Å². The standard InChI is InChI=1S/C24H30N2O3/c1-23(2,3)17-9-7-16(8-10-17)14-25-26-22(27)21-15-28-19-12-11-18(24(4,5)6)13-20(19)29-21/h7-14,21H,15H2,1-6H3,(H,26,27)/t21-/m0/s1. The van der Waals surface area contributed by atoms with Crippen molar-refractivity contribution in [2.24, 2.45) is 5.10 Å². The summed E-state index contributed by atoms with van der Waals surface area (Å²) in [7, 11) is 0. The number of nitrogens with one attached hydrogen (secondary N) is 1. The number of hydrazone groups is 1. The lowest BCUT2D eigenvalue weighted by Gasteiger charge is -2.27. The van der Waals surface area contributed by atoms with E-state index < -0.39 is 6.10 Å². The number of benzene rings is 2. The van der Waals surface area contributed by atoms with E-state index in [4.69, 9.17) is 9.47 Å². The van der Waals surface area contributed by atoms with Crippen LogP contribution in [0.5, 0.6) is 11.5 Å². The predicted octanol–water partition coefficient (Wildman–Crippen LogP) is 4.57. The second kappa shape index (κ2) is 7.90. The zero-order valence-electron chi connectivity index (χ0n) is 18.1. The minimum Gasteiger partial charge on any atom is -0.485 e. The van der Waals surface area contributed by atoms with Crippen molar-refractivity contribution in [1.82, 2.24) is 5.43 Å². The number of fused-ring (bicyclic) bond motifs is 1. The number of carbonyl (C=O) groups excluding carboxylic acids is 1. The topological polar surface area (TPSA) is 59.9 Å². The Morgan fingerprint density at radius 1 is 0.966 bits per heavy atom. The number of amides is 1. The summed E-state index contributed by atoms with van der Waals surface area (Å²) in [5, 5.41) is 4.06. The Morgan fingerprint density at radius 2 is 1.59 bits per heavy atom. The van der Waals surface area contributed by atoms with Crippen LogP contribution in [0.1, 0.15) is 58.2 Å². The lowest BCUT2D eigenvalue weighted by Crippen LogP contribution is -2.42. The Balaban J connectivity index is 1.61. The summed E-state index contributed by atoms with van der Waals surface area (Å²) in [6.45, 7) is 13.1. The van der Waals surface area contributed by atoms with Crippen LogP contribution in [0.3, 0.4) is 0 Å². The molecule has 2 aromatic rings. The molecule has 0 radical (unpaired) electrons. The summed E-state index contributed by atoms with van der Waals surface area (Å²) in [6.07, 6.45) is 0.887. The smallest absolute Gasteiger partial charge is 0.284 e. The van der Waals surface area contributed by atoms with Crippen molar-refractivity contribution in [3.8, 4) is 11.5 Å². The van der Waals surface area contributed by atoms with E-state index in [0.29, 0.717) is 11.5 Å². The van der Waals surface area contributed by atoms with Gasteiger partial charge in [-0.2, -0.15) is 5.10 Å². The predicted molar refractivity (Wildman–Crippen MR) is 116 cm³/mol. The van der Waals surface area contributed by atoms with Crippen LogP contribution in [0.25, 0.3) is 0 Å². The molecule has 0 aromatic heterocycles. The fraction of sp³-hybridized carbons (Fsp3) is 0.417. The molecule has 3 rings (SSSR count). The molecule has 1 N–H and O–H groups in total. The molecule has 0 fully saturated rings. The van der Waals surface area contributed by atoms with Crippen LogP contribution in [0.4, 0.5) is 0 Å². The Morgan fingerprint density at radius 3 is 2.21 bits per heavy atom. The second-order valence-electron chi connectivity index (χ2n) is 9.44. The number of rotatable bonds is 3. The molecule has 0 aliphatic carbocycles. The summed E-state index contributed by atoms with van der Waals surface area (Å²) in [6, 6.07) is 14.0. The zero-order valence-corrected chi connectivity index (χ0v) is 18.1. The van der Waals surface area contributed by atoms with Gasteiger partial charge in [0.05, 0.1) is 6.21 Å². The first kappa shape index (κ1) is 20.9. The van der Waals surface area contributed by atoms with Crippen LogP contribution in [0.15, 0.2) is 47.6 Å². The lowest BCUT2D eigenvalue weighted by atomic mass is 9.87. The fourth-order valence-electron chi connectivity index (χ4n) is 2.98. The molecule has 0 spiro atoms. The van der Waals surface area contributed by atoms with Crippen LogP contribution in [-0.2, 0) is 15.6 Å². The first-order valence-electron chi connectivity index (χ1n) is 9.91. The summed E-state index contributed by atoms with van der Waals surface area (Å²) in [4.78, 5) is 12.4. The summed E-state index contributed by atoms with van der Waals surface area (Å²) in [5.41, 5.74) is 5.92. The van der Waals surface area contributed by atoms with Gasteiger partial charge >= 0.3 is 0 Å². The second-order valence-corrected chi connectivity index (χ2v) is 9.44. The van der Waals surface area contributed by atoms with Gasteiger partial charge in [-0.1, -0.05) is 71.9 Å². The van der Waals surface area contributed by atoms with E-state index in [9.17, 15) is 4.79 Å². The van der Waals surface area contributed by atoms with E-state index in [1.807, 2.05) is 30.3 Å². The van der Waals surface area contributed by atoms with Crippen LogP contribution in [-0.4, -0.2) is 24.8 Å². The van der Waals surface area contributed by atoms with E-state index in [0.717, 1.165) is 11.1 Å². The van der Waals surface area contributed by atoms with Crippen molar-refractivity contribution >= 4 is 12.1 Å². The van der Waals surface area contributed by atoms with Gasteiger partial charge < -0.3 is 9.47 Å². The largest absolute Gasteiger partial charge is 0.485 e. The molecule has 1 atom stereocenters. The molecule has 2 aromatic carbocycles. The molecule has 29 heavy (non-hydrogen) atoms. The van der Waals surface area contributed by atoms with E-state index in [1.54, 1.807) is 6.21 Å². The molecular formula is C24H30N2O3. The normalized spacial score (nSPS) is 16.7. The van der Waals surface area contributed by atoms with Crippen molar-refractivity contribution in [2.45, 2.75) is 58.5 Å². The Labute approximate surface area is 173 Å². The van der Waals surface area contributed by atoms with E-state index >= 15 is 0 Å². The monoisotopic (exact) mass is 394 g/mol. The van der Waals surface area contributed by atoms with Gasteiger partial charge in [0.25, 0.3) is 5.91 Å². The Kier molecular flexibility index (Phi) is 5.69.